The van der Waals surface area contributed by atoms with Crippen LogP contribution in [0.1, 0.15) is 20.8 Å². The zero-order chi connectivity index (χ0) is 20.8. The van der Waals surface area contributed by atoms with Gasteiger partial charge in [-0.25, -0.2) is 0 Å². The first kappa shape index (κ1) is 21.1. The van der Waals surface area contributed by atoms with E-state index in [1.807, 2.05) is 0 Å². The highest BCUT2D eigenvalue weighted by atomic mass is 16.6. The van der Waals surface area contributed by atoms with E-state index in [0.717, 1.165) is 0 Å². The minimum absolute atomic E-state index is 0.0978. The van der Waals surface area contributed by atoms with Gasteiger partial charge in [-0.2, -0.15) is 0 Å². The lowest BCUT2D eigenvalue weighted by atomic mass is 10.0. The largest absolute Gasteiger partial charge is 0.456 e. The van der Waals surface area contributed by atoms with Crippen LogP contribution in [0.3, 0.4) is 0 Å². The first-order chi connectivity index (χ1) is 13.2. The number of nitrogens with one attached hydrogen (secondary N) is 1. The molecule has 1 N–H and O–H groups in total. The molecule has 1 aliphatic heterocycles. The molecule has 4 atom stereocenters. The summed E-state index contributed by atoms with van der Waals surface area (Å²) in [7, 11) is 0. The second-order valence-electron chi connectivity index (χ2n) is 6.00. The van der Waals surface area contributed by atoms with Crippen molar-refractivity contribution in [2.45, 2.75) is 45.3 Å². The van der Waals surface area contributed by atoms with E-state index < -0.39 is 47.4 Å². The van der Waals surface area contributed by atoms with Crippen LogP contribution >= 0.6 is 0 Å². The summed E-state index contributed by atoms with van der Waals surface area (Å²) in [4.78, 5) is 44.6. The Hall–Kier alpha value is -3.21. The lowest BCUT2D eigenvalue weighted by molar-refractivity contribution is -0.384. The fraction of sp³-hybridized carbons (Fsp3) is 0.471. The molecule has 0 bridgehead atoms. The Bertz CT molecular complexity index is 749. The maximum Gasteiger partial charge on any atom is 0.303 e. The van der Waals surface area contributed by atoms with Crippen molar-refractivity contribution in [3.05, 3.63) is 34.4 Å². The van der Waals surface area contributed by atoms with Crippen LogP contribution in [0.4, 0.5) is 11.4 Å². The molecule has 1 aliphatic rings. The van der Waals surface area contributed by atoms with Crippen molar-refractivity contribution in [1.29, 1.82) is 0 Å². The molecular weight excluding hydrogens is 376 g/mol. The van der Waals surface area contributed by atoms with Crippen molar-refractivity contribution in [2.24, 2.45) is 0 Å². The molecule has 1 fully saturated rings. The van der Waals surface area contributed by atoms with Crippen LogP contribution in [0.25, 0.3) is 0 Å². The maximum atomic E-state index is 11.6. The van der Waals surface area contributed by atoms with Crippen LogP contribution in [-0.4, -0.2) is 54.0 Å². The first-order valence-corrected chi connectivity index (χ1v) is 8.31. The van der Waals surface area contributed by atoms with Crippen LogP contribution in [-0.2, 0) is 33.3 Å². The van der Waals surface area contributed by atoms with Gasteiger partial charge >= 0.3 is 17.9 Å². The molecule has 1 heterocycles. The van der Waals surface area contributed by atoms with Gasteiger partial charge in [0.2, 0.25) is 0 Å². The monoisotopic (exact) mass is 396 g/mol. The van der Waals surface area contributed by atoms with Crippen LogP contribution in [0, 0.1) is 10.1 Å². The lowest BCUT2D eigenvalue weighted by Crippen LogP contribution is -2.59. The molecule has 11 nitrogen and oxygen atoms in total. The number of nitro groups is 1. The Kier molecular flexibility index (Phi) is 6.88. The quantitative estimate of drug-likeness (QED) is 0.322. The molecule has 0 amide bonds. The van der Waals surface area contributed by atoms with Crippen LogP contribution in [0.5, 0.6) is 0 Å². The topological polar surface area (TPSA) is 143 Å². The van der Waals surface area contributed by atoms with Gasteiger partial charge in [0.1, 0.15) is 0 Å². The van der Waals surface area contributed by atoms with Crippen molar-refractivity contribution in [3.63, 3.8) is 0 Å². The van der Waals surface area contributed by atoms with E-state index in [2.05, 4.69) is 5.32 Å². The molecule has 1 aromatic carbocycles. The fourth-order valence-electron chi connectivity index (χ4n) is 2.71. The Morgan fingerprint density at radius 1 is 1.00 bits per heavy atom. The Balaban J connectivity index is 2.25. The summed E-state index contributed by atoms with van der Waals surface area (Å²) in [6.07, 6.45) is -4.16. The van der Waals surface area contributed by atoms with Gasteiger partial charge in [-0.05, 0) is 12.1 Å². The smallest absolute Gasteiger partial charge is 0.303 e. The number of hydrogen-bond acceptors (Lipinski definition) is 10. The summed E-state index contributed by atoms with van der Waals surface area (Å²) < 4.78 is 21.2. The van der Waals surface area contributed by atoms with Crippen molar-refractivity contribution in [1.82, 2.24) is 0 Å². The minimum Gasteiger partial charge on any atom is -0.456 e. The fourth-order valence-corrected chi connectivity index (χ4v) is 2.71. The summed E-state index contributed by atoms with van der Waals surface area (Å²) in [5.74, 6) is -1.94. The van der Waals surface area contributed by atoms with Gasteiger partial charge in [0.25, 0.3) is 5.69 Å². The lowest BCUT2D eigenvalue weighted by Gasteiger charge is -2.40. The predicted octanol–water partition coefficient (Wildman–Crippen LogP) is 1.16. The SMILES string of the molecule is CC(=O)O[C@H]1[C@H](OC(C)=O)COC(Nc2ccc([N+](=O)[O-])cc2)[C@@H]1OC(C)=O. The Morgan fingerprint density at radius 3 is 2.04 bits per heavy atom. The highest BCUT2D eigenvalue weighted by molar-refractivity contribution is 5.68. The number of esters is 3. The van der Waals surface area contributed by atoms with Gasteiger partial charge in [0.15, 0.2) is 24.5 Å². The molecule has 1 saturated heterocycles. The highest BCUT2D eigenvalue weighted by Gasteiger charge is 2.47. The predicted molar refractivity (Wildman–Crippen MR) is 93.1 cm³/mol. The van der Waals surface area contributed by atoms with Crippen LogP contribution in [0.15, 0.2) is 24.3 Å². The number of nitrogens with zero attached hydrogens (tertiary/aromatic N) is 1. The number of rotatable bonds is 6. The highest BCUT2D eigenvalue weighted by Crippen LogP contribution is 2.26. The molecular formula is C17H20N2O9. The van der Waals surface area contributed by atoms with Crippen LogP contribution in [0.2, 0.25) is 0 Å². The Labute approximate surface area is 160 Å². The van der Waals surface area contributed by atoms with E-state index in [4.69, 9.17) is 18.9 Å². The molecule has 28 heavy (non-hydrogen) atoms. The average Bonchev–Trinajstić information content (AvgIpc) is 2.59. The second-order valence-corrected chi connectivity index (χ2v) is 6.00. The third-order valence-electron chi connectivity index (χ3n) is 3.74. The molecule has 0 saturated carbocycles. The van der Waals surface area contributed by atoms with E-state index in [9.17, 15) is 24.5 Å². The van der Waals surface area contributed by atoms with E-state index in [0.29, 0.717) is 5.69 Å². The minimum atomic E-state index is -1.13. The number of anilines is 1. The summed E-state index contributed by atoms with van der Waals surface area (Å²) in [5.41, 5.74) is 0.347. The molecule has 11 heteroatoms. The molecule has 0 aliphatic carbocycles. The second kappa shape index (κ2) is 9.13. The number of carbonyl (C=O) groups excluding carboxylic acids is 3. The van der Waals surface area contributed by atoms with E-state index >= 15 is 0 Å². The molecule has 1 unspecified atom stereocenters. The number of ether oxygens (including phenoxy) is 4. The number of benzene rings is 1. The summed E-state index contributed by atoms with van der Waals surface area (Å²) >= 11 is 0. The van der Waals surface area contributed by atoms with Crippen molar-refractivity contribution in [3.8, 4) is 0 Å². The summed E-state index contributed by atoms with van der Waals surface area (Å²) in [6.45, 7) is 3.40. The normalized spacial score (nSPS) is 24.0. The van der Waals surface area contributed by atoms with Crippen molar-refractivity contribution in [2.75, 3.05) is 11.9 Å². The van der Waals surface area contributed by atoms with E-state index in [1.54, 1.807) is 0 Å². The number of carbonyl (C=O) groups is 3. The molecule has 1 aromatic rings. The first-order valence-electron chi connectivity index (χ1n) is 8.31. The van der Waals surface area contributed by atoms with E-state index in [1.165, 1.54) is 45.0 Å². The molecule has 2 rings (SSSR count). The third-order valence-corrected chi connectivity index (χ3v) is 3.74. The number of non-ortho nitro benzene ring substituents is 1. The van der Waals surface area contributed by atoms with Gasteiger partial charge in [0, 0.05) is 38.6 Å². The number of nitro benzene ring substituents is 1. The van der Waals surface area contributed by atoms with Gasteiger partial charge in [-0.1, -0.05) is 0 Å². The van der Waals surface area contributed by atoms with Gasteiger partial charge in [-0.15, -0.1) is 0 Å². The average molecular weight is 396 g/mol. The zero-order valence-electron chi connectivity index (χ0n) is 15.4. The molecule has 0 radical (unpaired) electrons. The van der Waals surface area contributed by atoms with Gasteiger partial charge in [0.05, 0.1) is 11.5 Å². The van der Waals surface area contributed by atoms with Gasteiger partial charge in [-0.3, -0.25) is 24.5 Å². The molecule has 0 aromatic heterocycles. The summed E-state index contributed by atoms with van der Waals surface area (Å²) in [6, 6.07) is 5.48. The molecule has 152 valence electrons. The third kappa shape index (κ3) is 5.64. The Morgan fingerprint density at radius 2 is 1.54 bits per heavy atom. The van der Waals surface area contributed by atoms with E-state index in [-0.39, 0.29) is 12.3 Å². The van der Waals surface area contributed by atoms with Gasteiger partial charge < -0.3 is 24.3 Å². The van der Waals surface area contributed by atoms with Crippen molar-refractivity contribution < 1.29 is 38.3 Å². The molecule has 0 spiro atoms. The standard InChI is InChI=1S/C17H20N2O9/c1-9(20)26-14-8-25-17(16(28-11(3)22)15(14)27-10(2)21)18-12-4-6-13(7-5-12)19(23)24/h4-7,14-18H,8H2,1-3H3/t14-,15+,16-,17?/m1/s1. The number of hydrogen-bond donors (Lipinski definition) is 1. The zero-order valence-corrected chi connectivity index (χ0v) is 15.4. The summed E-state index contributed by atoms with van der Waals surface area (Å²) in [5, 5.41) is 13.7. The maximum absolute atomic E-state index is 11.6. The van der Waals surface area contributed by atoms with Crippen molar-refractivity contribution >= 4 is 29.3 Å². The van der Waals surface area contributed by atoms with Crippen LogP contribution < -0.4 is 5.32 Å².